The summed E-state index contributed by atoms with van der Waals surface area (Å²) in [7, 11) is 0. The van der Waals surface area contributed by atoms with E-state index in [1.165, 1.54) is 0 Å². The average molecular weight is 77.1 g/mol. The minimum atomic E-state index is 1.59. The fraction of sp³-hybridized carbons (Fsp3) is 0. The summed E-state index contributed by atoms with van der Waals surface area (Å²) >= 11 is 0. The molecule has 0 aromatic rings. The molecule has 1 aliphatic rings. The highest BCUT2D eigenvalue weighted by Crippen LogP contribution is 1.91. The van der Waals surface area contributed by atoms with Gasteiger partial charge in [0, 0.05) is 0 Å². The molecule has 0 bridgehead atoms. The van der Waals surface area contributed by atoms with E-state index in [0.717, 1.165) is 0 Å². The van der Waals surface area contributed by atoms with Crippen molar-refractivity contribution in [2.45, 2.75) is 0 Å². The number of rotatable bonds is 0. The lowest BCUT2D eigenvalue weighted by Gasteiger charge is -1.93. The van der Waals surface area contributed by atoms with Gasteiger partial charge in [0.2, 0.25) is 6.08 Å². The van der Waals surface area contributed by atoms with Crippen LogP contribution in [0.25, 0.3) is 5.32 Å². The Morgan fingerprint density at radius 2 is 2.67 bits per heavy atom. The van der Waals surface area contributed by atoms with Crippen LogP contribution < -0.4 is 0 Å². The van der Waals surface area contributed by atoms with Gasteiger partial charge in [-0.05, 0) is 12.4 Å². The van der Waals surface area contributed by atoms with E-state index in [-0.39, 0.29) is 0 Å². The maximum Gasteiger partial charge on any atom is 0.216 e. The lowest BCUT2D eigenvalue weighted by molar-refractivity contribution is 1.70. The molecule has 0 spiro atoms. The van der Waals surface area contributed by atoms with Crippen molar-refractivity contribution >= 4 is 0 Å². The third-order valence-electron chi connectivity index (χ3n) is 0.465. The van der Waals surface area contributed by atoms with Crippen molar-refractivity contribution in [1.82, 2.24) is 0 Å². The summed E-state index contributed by atoms with van der Waals surface area (Å²) in [6.07, 6.45) is 7.60. The Morgan fingerprint density at radius 3 is 2.83 bits per heavy atom. The highest BCUT2D eigenvalue weighted by atomic mass is 14.8. The molecule has 0 aliphatic carbocycles. The third kappa shape index (κ3) is 0.467. The van der Waals surface area contributed by atoms with Gasteiger partial charge in [-0.1, -0.05) is 0 Å². The van der Waals surface area contributed by atoms with Crippen LogP contribution in [0.5, 0.6) is 0 Å². The van der Waals surface area contributed by atoms with Crippen molar-refractivity contribution in [3.05, 3.63) is 35.6 Å². The summed E-state index contributed by atoms with van der Waals surface area (Å²) in [4.78, 5) is 0. The lowest BCUT2D eigenvalue weighted by Crippen LogP contribution is -1.55. The number of allylic oxidation sites excluding steroid dienone is 2. The summed E-state index contributed by atoms with van der Waals surface area (Å²) in [5, 5.41) is 3.67. The Bertz CT molecular complexity index is 116. The maximum atomic E-state index is 3.67. The van der Waals surface area contributed by atoms with Crippen LogP contribution in [0.1, 0.15) is 0 Å². The van der Waals surface area contributed by atoms with Gasteiger partial charge in [0.15, 0.2) is 0 Å². The van der Waals surface area contributed by atoms with Crippen molar-refractivity contribution in [3.63, 3.8) is 0 Å². The van der Waals surface area contributed by atoms with E-state index < -0.39 is 0 Å². The number of nitrogens with zero attached hydrogens (tertiary/aromatic N) is 1. The van der Waals surface area contributed by atoms with E-state index >= 15 is 0 Å². The van der Waals surface area contributed by atoms with Gasteiger partial charge in [0.05, 0.1) is 11.8 Å². The normalized spacial score (nSPS) is 13.3. The molecule has 0 N–H and O–H groups in total. The first kappa shape index (κ1) is 3.17. The van der Waals surface area contributed by atoms with E-state index in [1.807, 2.05) is 0 Å². The van der Waals surface area contributed by atoms with Crippen LogP contribution in [0.4, 0.5) is 0 Å². The molecule has 0 saturated carbocycles. The van der Waals surface area contributed by atoms with Crippen LogP contribution in [-0.4, -0.2) is 0 Å². The minimum Gasteiger partial charge on any atom is -0.619 e. The SMILES string of the molecule is C1=C[C+]=C[N-]C=1. The topological polar surface area (TPSA) is 14.1 Å². The highest BCUT2D eigenvalue weighted by molar-refractivity contribution is 5.17. The molecule has 6 heavy (non-hydrogen) atoms. The fourth-order valence-corrected chi connectivity index (χ4v) is 0.246. The summed E-state index contributed by atoms with van der Waals surface area (Å²) in [6.45, 7) is 0. The molecule has 1 rings (SSSR count). The first-order valence-electron chi connectivity index (χ1n) is 1.67. The molecular weight excluding hydrogens is 74.1 g/mol. The average Bonchev–Trinajstić information content (AvgIpc) is 1.72. The van der Waals surface area contributed by atoms with Crippen LogP contribution in [0.15, 0.2) is 24.2 Å². The first-order valence-corrected chi connectivity index (χ1v) is 1.67. The molecule has 0 aromatic carbocycles. The molecule has 0 saturated heterocycles. The number of hydrogen-bond acceptors (Lipinski definition) is 0. The minimum absolute atomic E-state index is 1.59. The molecular formula is C5H3N. The second kappa shape index (κ2) is 1.42. The quantitative estimate of drug-likeness (QED) is 0.306. The molecule has 0 radical (unpaired) electrons. The Morgan fingerprint density at radius 1 is 1.67 bits per heavy atom. The third-order valence-corrected chi connectivity index (χ3v) is 0.465. The van der Waals surface area contributed by atoms with E-state index in [2.05, 4.69) is 17.1 Å². The van der Waals surface area contributed by atoms with Gasteiger partial charge in [-0.3, -0.25) is 0 Å². The predicted molar refractivity (Wildman–Crippen MR) is 23.8 cm³/mol. The highest BCUT2D eigenvalue weighted by Gasteiger charge is 1.69. The zero-order valence-electron chi connectivity index (χ0n) is 3.18. The predicted octanol–water partition coefficient (Wildman–Crippen LogP) is 1.36. The van der Waals surface area contributed by atoms with Gasteiger partial charge in [-0.2, -0.15) is 0 Å². The first-order chi connectivity index (χ1) is 3.00. The van der Waals surface area contributed by atoms with E-state index in [4.69, 9.17) is 0 Å². The molecule has 1 aliphatic heterocycles. The van der Waals surface area contributed by atoms with Gasteiger partial charge in [-0.25, -0.2) is 0 Å². The van der Waals surface area contributed by atoms with E-state index in [0.29, 0.717) is 0 Å². The van der Waals surface area contributed by atoms with E-state index in [1.54, 1.807) is 18.5 Å². The smallest absolute Gasteiger partial charge is 0.216 e. The molecule has 28 valence electrons. The molecule has 1 nitrogen and oxygen atoms in total. The van der Waals surface area contributed by atoms with Gasteiger partial charge in [-0.15, -0.1) is 0 Å². The monoisotopic (exact) mass is 77.0 g/mol. The van der Waals surface area contributed by atoms with Crippen LogP contribution in [0.3, 0.4) is 0 Å². The summed E-state index contributed by atoms with van der Waals surface area (Å²) in [5.74, 6) is 0. The van der Waals surface area contributed by atoms with Crippen molar-refractivity contribution in [1.29, 1.82) is 0 Å². The molecule has 0 fully saturated rings. The number of hydrogen-bond donors (Lipinski definition) is 0. The second-order valence-electron chi connectivity index (χ2n) is 0.885. The second-order valence-corrected chi connectivity index (χ2v) is 0.885. The molecule has 0 unspecified atom stereocenters. The Kier molecular flexibility index (Phi) is 0.749. The van der Waals surface area contributed by atoms with Crippen molar-refractivity contribution in [3.8, 4) is 0 Å². The van der Waals surface area contributed by atoms with Crippen LogP contribution in [-0.2, 0) is 0 Å². The Hall–Kier alpha value is -1.03. The van der Waals surface area contributed by atoms with Crippen LogP contribution >= 0.6 is 0 Å². The molecule has 0 atom stereocenters. The van der Waals surface area contributed by atoms with Gasteiger partial charge >= 0.3 is 0 Å². The Labute approximate surface area is 36.7 Å². The maximum absolute atomic E-state index is 3.67. The zero-order chi connectivity index (χ0) is 4.24. The van der Waals surface area contributed by atoms with Gasteiger partial charge in [0.1, 0.15) is 0 Å². The molecule has 0 amide bonds. The Balaban J connectivity index is 2.78. The standard InChI is InChI=1S/C5H3N/c1-2-4-6-5-3-1/h1,4-5H. The summed E-state index contributed by atoms with van der Waals surface area (Å²) < 4.78 is 0. The molecule has 0 aromatic heterocycles. The van der Waals surface area contributed by atoms with Crippen molar-refractivity contribution in [2.24, 2.45) is 0 Å². The summed E-state index contributed by atoms with van der Waals surface area (Å²) in [5.41, 5.74) is 2.73. The fourth-order valence-electron chi connectivity index (χ4n) is 0.246. The zero-order valence-corrected chi connectivity index (χ0v) is 3.18. The molecule has 1 heteroatoms. The van der Waals surface area contributed by atoms with E-state index in [9.17, 15) is 0 Å². The summed E-state index contributed by atoms with van der Waals surface area (Å²) in [6, 6.07) is 0. The van der Waals surface area contributed by atoms with Gasteiger partial charge < -0.3 is 5.32 Å². The van der Waals surface area contributed by atoms with Gasteiger partial charge in [0.25, 0.3) is 0 Å². The largest absolute Gasteiger partial charge is 0.619 e. The van der Waals surface area contributed by atoms with Crippen LogP contribution in [0.2, 0.25) is 0 Å². The lowest BCUT2D eigenvalue weighted by atomic mass is 10.5. The van der Waals surface area contributed by atoms with Crippen LogP contribution in [0, 0.1) is 6.08 Å². The van der Waals surface area contributed by atoms with Crippen molar-refractivity contribution in [2.75, 3.05) is 0 Å². The van der Waals surface area contributed by atoms with Crippen molar-refractivity contribution < 1.29 is 0 Å². The molecule has 1 heterocycles.